The number of methoxy groups -OCH3 is 1. The predicted octanol–water partition coefficient (Wildman–Crippen LogP) is 1.82. The second-order valence-electron chi connectivity index (χ2n) is 4.62. The van der Waals surface area contributed by atoms with E-state index in [0.29, 0.717) is 4.48 Å². The lowest BCUT2D eigenvalue weighted by molar-refractivity contribution is -0.917. The van der Waals surface area contributed by atoms with Gasteiger partial charge in [-0.3, -0.25) is 0 Å². The van der Waals surface area contributed by atoms with Crippen LogP contribution in [-0.4, -0.2) is 37.7 Å². The highest BCUT2D eigenvalue weighted by molar-refractivity contribution is 5.73. The highest BCUT2D eigenvalue weighted by atomic mass is 16.5. The molecule has 0 spiro atoms. The first-order chi connectivity index (χ1) is 7.47. The highest BCUT2D eigenvalue weighted by Gasteiger charge is 2.31. The number of ether oxygens (including phenoxy) is 1. The largest absolute Gasteiger partial charge is 0.465 e. The number of esters is 1. The molecule has 1 rings (SSSR count). The van der Waals surface area contributed by atoms with Crippen molar-refractivity contribution in [1.29, 1.82) is 0 Å². The zero-order valence-corrected chi connectivity index (χ0v) is 10.4. The van der Waals surface area contributed by atoms with Crippen molar-refractivity contribution in [2.45, 2.75) is 19.5 Å². The van der Waals surface area contributed by atoms with Gasteiger partial charge in [-0.2, -0.15) is 0 Å². The second kappa shape index (κ2) is 5.12. The summed E-state index contributed by atoms with van der Waals surface area (Å²) in [6.07, 6.45) is 0. The van der Waals surface area contributed by atoms with Gasteiger partial charge in [0.25, 0.3) is 0 Å². The SMILES string of the molecule is COC(=O)[C@H](C)[N+](C)(C)Cc1ccccc1. The van der Waals surface area contributed by atoms with Crippen molar-refractivity contribution >= 4 is 5.97 Å². The van der Waals surface area contributed by atoms with E-state index < -0.39 is 0 Å². The molecule has 0 heterocycles. The van der Waals surface area contributed by atoms with Crippen LogP contribution in [0.4, 0.5) is 0 Å². The second-order valence-corrected chi connectivity index (χ2v) is 4.62. The molecule has 0 aliphatic heterocycles. The Balaban J connectivity index is 2.75. The molecule has 0 fully saturated rings. The highest BCUT2D eigenvalue weighted by Crippen LogP contribution is 2.14. The Morgan fingerprint density at radius 3 is 2.38 bits per heavy atom. The van der Waals surface area contributed by atoms with Gasteiger partial charge < -0.3 is 9.22 Å². The van der Waals surface area contributed by atoms with Gasteiger partial charge in [0, 0.05) is 5.56 Å². The van der Waals surface area contributed by atoms with Crippen molar-refractivity contribution in [3.8, 4) is 0 Å². The minimum absolute atomic E-state index is 0.162. The monoisotopic (exact) mass is 222 g/mol. The Morgan fingerprint density at radius 2 is 1.88 bits per heavy atom. The molecule has 0 saturated heterocycles. The quantitative estimate of drug-likeness (QED) is 0.574. The molecule has 0 bridgehead atoms. The van der Waals surface area contributed by atoms with Gasteiger partial charge in [0.05, 0.1) is 21.2 Å². The van der Waals surface area contributed by atoms with E-state index in [4.69, 9.17) is 4.74 Å². The van der Waals surface area contributed by atoms with E-state index in [1.807, 2.05) is 39.2 Å². The fourth-order valence-electron chi connectivity index (χ4n) is 1.65. The van der Waals surface area contributed by atoms with E-state index >= 15 is 0 Å². The maximum absolute atomic E-state index is 11.5. The molecule has 0 N–H and O–H groups in total. The fourth-order valence-corrected chi connectivity index (χ4v) is 1.65. The maximum Gasteiger partial charge on any atom is 0.364 e. The summed E-state index contributed by atoms with van der Waals surface area (Å²) in [4.78, 5) is 11.5. The lowest BCUT2D eigenvalue weighted by atomic mass is 10.1. The molecule has 0 aliphatic carbocycles. The molecule has 0 radical (unpaired) electrons. The van der Waals surface area contributed by atoms with Crippen molar-refractivity contribution in [3.63, 3.8) is 0 Å². The third kappa shape index (κ3) is 3.07. The minimum atomic E-state index is -0.166. The van der Waals surface area contributed by atoms with Crippen molar-refractivity contribution in [1.82, 2.24) is 0 Å². The Kier molecular flexibility index (Phi) is 4.07. The molecule has 3 nitrogen and oxygen atoms in total. The van der Waals surface area contributed by atoms with Crippen molar-refractivity contribution in [3.05, 3.63) is 35.9 Å². The summed E-state index contributed by atoms with van der Waals surface area (Å²) >= 11 is 0. The van der Waals surface area contributed by atoms with Crippen LogP contribution < -0.4 is 0 Å². The predicted molar refractivity (Wildman–Crippen MR) is 63.7 cm³/mol. The Hall–Kier alpha value is -1.35. The van der Waals surface area contributed by atoms with Crippen LogP contribution in [0.25, 0.3) is 0 Å². The van der Waals surface area contributed by atoms with Crippen molar-refractivity contribution in [2.24, 2.45) is 0 Å². The van der Waals surface area contributed by atoms with E-state index in [1.54, 1.807) is 0 Å². The topological polar surface area (TPSA) is 26.3 Å². The summed E-state index contributed by atoms with van der Waals surface area (Å²) < 4.78 is 5.38. The maximum atomic E-state index is 11.5. The first-order valence-electron chi connectivity index (χ1n) is 5.42. The van der Waals surface area contributed by atoms with Crippen LogP contribution in [0.5, 0.6) is 0 Å². The number of hydrogen-bond acceptors (Lipinski definition) is 2. The van der Waals surface area contributed by atoms with Crippen molar-refractivity contribution in [2.75, 3.05) is 21.2 Å². The van der Waals surface area contributed by atoms with Crippen LogP contribution in [0.1, 0.15) is 12.5 Å². The number of nitrogens with zero attached hydrogens (tertiary/aromatic N) is 1. The molecule has 16 heavy (non-hydrogen) atoms. The van der Waals surface area contributed by atoms with E-state index in [1.165, 1.54) is 12.7 Å². The number of rotatable bonds is 4. The van der Waals surface area contributed by atoms with Crippen LogP contribution in [0.3, 0.4) is 0 Å². The minimum Gasteiger partial charge on any atom is -0.465 e. The summed E-state index contributed by atoms with van der Waals surface area (Å²) in [7, 11) is 5.50. The summed E-state index contributed by atoms with van der Waals surface area (Å²) in [6.45, 7) is 2.71. The smallest absolute Gasteiger partial charge is 0.364 e. The molecule has 0 unspecified atom stereocenters. The summed E-state index contributed by atoms with van der Waals surface area (Å²) in [5, 5.41) is 0. The van der Waals surface area contributed by atoms with Gasteiger partial charge in [0.15, 0.2) is 6.04 Å². The van der Waals surface area contributed by atoms with Gasteiger partial charge in [-0.25, -0.2) is 4.79 Å². The lowest BCUT2D eigenvalue weighted by Gasteiger charge is -2.34. The molecular weight excluding hydrogens is 202 g/mol. The Labute approximate surface area is 97.2 Å². The number of carbonyl (C=O) groups is 1. The number of carbonyl (C=O) groups excluding carboxylic acids is 1. The summed E-state index contributed by atoms with van der Waals surface area (Å²) in [5.41, 5.74) is 1.23. The van der Waals surface area contributed by atoms with Crippen LogP contribution in [0, 0.1) is 0 Å². The fraction of sp³-hybridized carbons (Fsp3) is 0.462. The van der Waals surface area contributed by atoms with E-state index in [9.17, 15) is 4.79 Å². The number of hydrogen-bond donors (Lipinski definition) is 0. The van der Waals surface area contributed by atoms with Gasteiger partial charge in [-0.05, 0) is 6.92 Å². The molecule has 1 atom stereocenters. The van der Waals surface area contributed by atoms with E-state index in [0.717, 1.165) is 6.54 Å². The molecule has 0 saturated carbocycles. The van der Waals surface area contributed by atoms with Crippen LogP contribution in [-0.2, 0) is 16.1 Å². The van der Waals surface area contributed by atoms with Crippen LogP contribution in [0.2, 0.25) is 0 Å². The average molecular weight is 222 g/mol. The van der Waals surface area contributed by atoms with Gasteiger partial charge in [-0.15, -0.1) is 0 Å². The van der Waals surface area contributed by atoms with E-state index in [2.05, 4.69) is 12.1 Å². The van der Waals surface area contributed by atoms with Gasteiger partial charge >= 0.3 is 5.97 Å². The zero-order chi connectivity index (χ0) is 12.2. The summed E-state index contributed by atoms with van der Waals surface area (Å²) in [6, 6.07) is 10.0. The van der Waals surface area contributed by atoms with Crippen LogP contribution in [0.15, 0.2) is 30.3 Å². The first kappa shape index (κ1) is 12.7. The first-order valence-corrected chi connectivity index (χ1v) is 5.42. The molecule has 1 aromatic rings. The van der Waals surface area contributed by atoms with Crippen molar-refractivity contribution < 1.29 is 14.0 Å². The molecule has 88 valence electrons. The lowest BCUT2D eigenvalue weighted by Crippen LogP contribution is -2.50. The van der Waals surface area contributed by atoms with Gasteiger partial charge in [-0.1, -0.05) is 30.3 Å². The Bertz CT molecular complexity index is 346. The molecular formula is C13H20NO2+. The third-order valence-electron chi connectivity index (χ3n) is 3.02. The van der Waals surface area contributed by atoms with Crippen LogP contribution >= 0.6 is 0 Å². The van der Waals surface area contributed by atoms with Gasteiger partial charge in [0.1, 0.15) is 6.54 Å². The normalized spacial score (nSPS) is 13.2. The van der Waals surface area contributed by atoms with E-state index in [-0.39, 0.29) is 12.0 Å². The number of quaternary nitrogens is 1. The summed E-state index contributed by atoms with van der Waals surface area (Å²) in [5.74, 6) is -0.166. The zero-order valence-electron chi connectivity index (χ0n) is 10.4. The standard InChI is InChI=1S/C13H20NO2/c1-11(13(15)16-4)14(2,3)10-12-8-6-5-7-9-12/h5-9,11H,10H2,1-4H3/q+1/t11-/m0/s1. The number of likely N-dealkylation sites (N-methyl/N-ethyl adjacent to an activating group) is 1. The molecule has 3 heteroatoms. The number of benzene rings is 1. The molecule has 0 aromatic heterocycles. The average Bonchev–Trinajstić information content (AvgIpc) is 2.27. The Morgan fingerprint density at radius 1 is 1.31 bits per heavy atom. The molecule has 0 amide bonds. The third-order valence-corrected chi connectivity index (χ3v) is 3.02. The van der Waals surface area contributed by atoms with Gasteiger partial charge in [0.2, 0.25) is 0 Å². The molecule has 1 aromatic carbocycles. The molecule has 0 aliphatic rings.